The first kappa shape index (κ1) is 22.2. The first-order chi connectivity index (χ1) is 16.1. The number of carbonyl (C=O) groups is 1. The minimum Gasteiger partial charge on any atom is -0.333 e. The summed E-state index contributed by atoms with van der Waals surface area (Å²) in [4.78, 5) is 16.2. The molecule has 1 aliphatic carbocycles. The molecule has 1 N–H and O–H groups in total. The highest BCUT2D eigenvalue weighted by Crippen LogP contribution is 2.41. The Labute approximate surface area is 201 Å². The summed E-state index contributed by atoms with van der Waals surface area (Å²) in [5.41, 5.74) is 4.72. The summed E-state index contributed by atoms with van der Waals surface area (Å²) >= 11 is 6.53. The zero-order chi connectivity index (χ0) is 22.8. The second kappa shape index (κ2) is 9.70. The Kier molecular flexibility index (Phi) is 6.52. The van der Waals surface area contributed by atoms with Crippen molar-refractivity contribution in [1.82, 2.24) is 10.2 Å². The summed E-state index contributed by atoms with van der Waals surface area (Å²) in [6.07, 6.45) is 3.12. The molecule has 3 aromatic carbocycles. The van der Waals surface area contributed by atoms with Gasteiger partial charge in [-0.25, -0.2) is 0 Å². The smallest absolute Gasteiger partial charge is 0.228 e. The summed E-state index contributed by atoms with van der Waals surface area (Å²) in [6, 6.07) is 27.5. The molecule has 2 fully saturated rings. The van der Waals surface area contributed by atoms with E-state index >= 15 is 0 Å². The van der Waals surface area contributed by atoms with Gasteiger partial charge in [0.25, 0.3) is 0 Å². The van der Waals surface area contributed by atoms with E-state index in [0.717, 1.165) is 42.9 Å². The van der Waals surface area contributed by atoms with Crippen LogP contribution in [0.15, 0.2) is 78.9 Å². The standard InChI is InChI=1S/C29H31ClN2O/c1-20(25-12-5-6-13-28(25)30)32(24-14-15-24)29(33)27-19-31-17-16-26(27)23-11-7-10-22(18-23)21-8-3-2-4-9-21/h2-13,18,20,24,26-27,31H,14-17,19H2,1H3/t20?,26-,27+/m1/s1. The number of carbonyl (C=O) groups excluding carboxylic acids is 1. The van der Waals surface area contributed by atoms with Crippen LogP contribution in [0.4, 0.5) is 0 Å². The van der Waals surface area contributed by atoms with Gasteiger partial charge in [0.1, 0.15) is 0 Å². The lowest BCUT2D eigenvalue weighted by molar-refractivity contribution is -0.139. The maximum atomic E-state index is 14.1. The minimum absolute atomic E-state index is 0.0306. The Morgan fingerprint density at radius 2 is 1.67 bits per heavy atom. The van der Waals surface area contributed by atoms with E-state index in [1.807, 2.05) is 24.3 Å². The van der Waals surface area contributed by atoms with Crippen LogP contribution in [0.3, 0.4) is 0 Å². The van der Waals surface area contributed by atoms with Crippen molar-refractivity contribution in [3.05, 3.63) is 95.0 Å². The molecule has 4 heteroatoms. The van der Waals surface area contributed by atoms with Crippen molar-refractivity contribution >= 4 is 17.5 Å². The van der Waals surface area contributed by atoms with Gasteiger partial charge < -0.3 is 10.2 Å². The second-order valence-corrected chi connectivity index (χ2v) is 9.78. The van der Waals surface area contributed by atoms with Gasteiger partial charge in [-0.1, -0.05) is 84.4 Å². The maximum absolute atomic E-state index is 14.1. The molecule has 1 heterocycles. The monoisotopic (exact) mass is 458 g/mol. The molecule has 33 heavy (non-hydrogen) atoms. The average Bonchev–Trinajstić information content (AvgIpc) is 3.70. The number of nitrogens with one attached hydrogen (secondary N) is 1. The van der Waals surface area contributed by atoms with Gasteiger partial charge in [-0.05, 0) is 67.0 Å². The topological polar surface area (TPSA) is 32.3 Å². The third-order valence-corrected chi connectivity index (χ3v) is 7.53. The van der Waals surface area contributed by atoms with E-state index in [1.165, 1.54) is 16.7 Å². The number of nitrogens with zero attached hydrogens (tertiary/aromatic N) is 1. The summed E-state index contributed by atoms with van der Waals surface area (Å²) in [5, 5.41) is 4.23. The Morgan fingerprint density at radius 1 is 0.939 bits per heavy atom. The summed E-state index contributed by atoms with van der Waals surface area (Å²) in [7, 11) is 0. The van der Waals surface area contributed by atoms with Crippen molar-refractivity contribution < 1.29 is 4.79 Å². The second-order valence-electron chi connectivity index (χ2n) is 9.37. The lowest BCUT2D eigenvalue weighted by atomic mass is 9.79. The molecule has 3 nitrogen and oxygen atoms in total. The SMILES string of the molecule is CC(c1ccccc1Cl)N(C(=O)[C@H]1CNCC[C@@H]1c1cccc(-c2ccccc2)c1)C1CC1. The summed E-state index contributed by atoms with van der Waals surface area (Å²) < 4.78 is 0. The van der Waals surface area contributed by atoms with E-state index in [2.05, 4.69) is 71.7 Å². The van der Waals surface area contributed by atoms with Gasteiger partial charge in [0.05, 0.1) is 12.0 Å². The van der Waals surface area contributed by atoms with Gasteiger partial charge in [0, 0.05) is 17.6 Å². The molecular formula is C29H31ClN2O. The van der Waals surface area contributed by atoms with Gasteiger partial charge in [0.15, 0.2) is 0 Å². The number of benzene rings is 3. The van der Waals surface area contributed by atoms with Gasteiger partial charge in [0.2, 0.25) is 5.91 Å². The van der Waals surface area contributed by atoms with Crippen LogP contribution in [0.25, 0.3) is 11.1 Å². The Bertz CT molecular complexity index is 1110. The molecule has 1 unspecified atom stereocenters. The predicted molar refractivity (Wildman–Crippen MR) is 135 cm³/mol. The fourth-order valence-electron chi connectivity index (χ4n) is 5.29. The predicted octanol–water partition coefficient (Wildman–Crippen LogP) is 6.45. The Morgan fingerprint density at radius 3 is 2.42 bits per heavy atom. The summed E-state index contributed by atoms with van der Waals surface area (Å²) in [6.45, 7) is 3.78. The zero-order valence-electron chi connectivity index (χ0n) is 19.1. The van der Waals surface area contributed by atoms with Crippen molar-refractivity contribution in [2.45, 2.75) is 44.2 Å². The van der Waals surface area contributed by atoms with Crippen molar-refractivity contribution in [3.8, 4) is 11.1 Å². The fourth-order valence-corrected chi connectivity index (χ4v) is 5.59. The molecule has 3 aromatic rings. The number of hydrogen-bond acceptors (Lipinski definition) is 2. The number of amides is 1. The van der Waals surface area contributed by atoms with Gasteiger partial charge in [-0.2, -0.15) is 0 Å². The van der Waals surface area contributed by atoms with Crippen molar-refractivity contribution in [1.29, 1.82) is 0 Å². The molecule has 3 atom stereocenters. The van der Waals surface area contributed by atoms with Crippen LogP contribution in [0.2, 0.25) is 5.02 Å². The maximum Gasteiger partial charge on any atom is 0.228 e. The molecule has 0 aromatic heterocycles. The molecule has 170 valence electrons. The fraction of sp³-hybridized carbons (Fsp3) is 0.345. The van der Waals surface area contributed by atoms with E-state index in [9.17, 15) is 4.79 Å². The lowest BCUT2D eigenvalue weighted by Gasteiger charge is -2.38. The van der Waals surface area contributed by atoms with Gasteiger partial charge in [-0.15, -0.1) is 0 Å². The van der Waals surface area contributed by atoms with Crippen LogP contribution in [0, 0.1) is 5.92 Å². The van der Waals surface area contributed by atoms with Crippen LogP contribution in [-0.2, 0) is 4.79 Å². The van der Waals surface area contributed by atoms with Crippen LogP contribution in [0.5, 0.6) is 0 Å². The van der Waals surface area contributed by atoms with Gasteiger partial charge >= 0.3 is 0 Å². The number of rotatable bonds is 6. The van der Waals surface area contributed by atoms with Crippen LogP contribution >= 0.6 is 11.6 Å². The number of piperidine rings is 1. The molecule has 5 rings (SSSR count). The van der Waals surface area contributed by atoms with E-state index in [0.29, 0.717) is 6.04 Å². The zero-order valence-corrected chi connectivity index (χ0v) is 19.8. The first-order valence-electron chi connectivity index (χ1n) is 12.1. The first-order valence-corrected chi connectivity index (χ1v) is 12.4. The molecule has 0 spiro atoms. The molecule has 2 aliphatic rings. The highest BCUT2D eigenvalue weighted by atomic mass is 35.5. The van der Waals surface area contributed by atoms with E-state index in [-0.39, 0.29) is 23.8 Å². The number of hydrogen-bond donors (Lipinski definition) is 1. The Hall–Kier alpha value is -2.62. The van der Waals surface area contributed by atoms with Crippen molar-refractivity contribution in [2.24, 2.45) is 5.92 Å². The van der Waals surface area contributed by atoms with Crippen molar-refractivity contribution in [3.63, 3.8) is 0 Å². The molecule has 1 saturated heterocycles. The van der Waals surface area contributed by atoms with E-state index in [1.54, 1.807) is 0 Å². The molecular weight excluding hydrogens is 428 g/mol. The highest BCUT2D eigenvalue weighted by Gasteiger charge is 2.42. The van der Waals surface area contributed by atoms with Gasteiger partial charge in [-0.3, -0.25) is 4.79 Å². The molecule has 0 bridgehead atoms. The molecule has 0 radical (unpaired) electrons. The third-order valence-electron chi connectivity index (χ3n) is 7.19. The highest BCUT2D eigenvalue weighted by molar-refractivity contribution is 6.31. The minimum atomic E-state index is -0.0738. The normalized spacial score (nSPS) is 21.4. The number of halogens is 1. The Balaban J connectivity index is 1.45. The third kappa shape index (κ3) is 4.71. The van der Waals surface area contributed by atoms with E-state index in [4.69, 9.17) is 11.6 Å². The molecule has 1 amide bonds. The largest absolute Gasteiger partial charge is 0.333 e. The van der Waals surface area contributed by atoms with Crippen LogP contribution < -0.4 is 5.32 Å². The average molecular weight is 459 g/mol. The van der Waals surface area contributed by atoms with E-state index < -0.39 is 0 Å². The molecule has 1 aliphatic heterocycles. The van der Waals surface area contributed by atoms with Crippen molar-refractivity contribution in [2.75, 3.05) is 13.1 Å². The quantitative estimate of drug-likeness (QED) is 0.460. The summed E-state index contributed by atoms with van der Waals surface area (Å²) in [5.74, 6) is 0.393. The molecule has 1 saturated carbocycles. The van der Waals surface area contributed by atoms with Crippen LogP contribution in [0.1, 0.15) is 49.3 Å². The van der Waals surface area contributed by atoms with Crippen LogP contribution in [-0.4, -0.2) is 29.9 Å². The lowest BCUT2D eigenvalue weighted by Crippen LogP contribution is -2.48.